The first kappa shape index (κ1) is 17.9. The smallest absolute Gasteiger partial charge is 0.410 e. The molecule has 5 heteroatoms. The molecule has 1 aliphatic heterocycles. The average Bonchev–Trinajstić information content (AvgIpc) is 2.93. The lowest BCUT2D eigenvalue weighted by Crippen LogP contribution is -2.44. The molecule has 1 saturated carbocycles. The molecule has 2 aliphatic rings. The highest BCUT2D eigenvalue weighted by molar-refractivity contribution is 5.91. The van der Waals surface area contributed by atoms with Crippen LogP contribution >= 0.6 is 0 Å². The van der Waals surface area contributed by atoms with Crippen molar-refractivity contribution in [3.05, 3.63) is 35.9 Å². The standard InChI is InChI=1S/C20H27NO4/c1-14-12-19(22)18(21(14)20(23)24-2)13-25-17-10-8-16(9-11-17)15-6-4-3-5-7-15/h3-7,14,16-18H,8-13H2,1-2H3/t14-,16-,17+,18+/m1/s1. The van der Waals surface area contributed by atoms with Crippen LogP contribution in [0.3, 0.4) is 0 Å². The minimum atomic E-state index is -0.505. The molecule has 1 aromatic carbocycles. The Morgan fingerprint density at radius 3 is 2.48 bits per heavy atom. The lowest BCUT2D eigenvalue weighted by Gasteiger charge is -2.31. The molecule has 0 aromatic heterocycles. The van der Waals surface area contributed by atoms with E-state index in [1.807, 2.05) is 13.0 Å². The molecule has 1 amide bonds. The van der Waals surface area contributed by atoms with Gasteiger partial charge in [-0.2, -0.15) is 0 Å². The number of ketones is 1. The Kier molecular flexibility index (Phi) is 5.74. The SMILES string of the molecule is COC(=O)N1[C@H](C)CC(=O)[C@@H]1CO[C@H]1CC[C@@H](c2ccccc2)CC1. The fraction of sp³-hybridized carbons (Fsp3) is 0.600. The third kappa shape index (κ3) is 4.03. The van der Waals surface area contributed by atoms with Gasteiger partial charge in [0, 0.05) is 12.5 Å². The number of methoxy groups -OCH3 is 1. The summed E-state index contributed by atoms with van der Waals surface area (Å²) >= 11 is 0. The quantitative estimate of drug-likeness (QED) is 0.838. The van der Waals surface area contributed by atoms with E-state index in [-0.39, 0.29) is 24.5 Å². The molecule has 0 spiro atoms. The van der Waals surface area contributed by atoms with Gasteiger partial charge in [0.2, 0.25) is 0 Å². The Bertz CT molecular complexity index is 595. The molecular formula is C20H27NO4. The molecule has 1 heterocycles. The lowest BCUT2D eigenvalue weighted by atomic mass is 9.83. The maximum Gasteiger partial charge on any atom is 0.410 e. The van der Waals surface area contributed by atoms with Crippen molar-refractivity contribution in [2.75, 3.05) is 13.7 Å². The number of hydrogen-bond acceptors (Lipinski definition) is 4. The van der Waals surface area contributed by atoms with Crippen LogP contribution in [0.1, 0.15) is 50.5 Å². The highest BCUT2D eigenvalue weighted by atomic mass is 16.5. The molecule has 0 N–H and O–H groups in total. The van der Waals surface area contributed by atoms with Gasteiger partial charge in [0.15, 0.2) is 5.78 Å². The number of carbonyl (C=O) groups excluding carboxylic acids is 2. The van der Waals surface area contributed by atoms with E-state index in [0.29, 0.717) is 12.3 Å². The van der Waals surface area contributed by atoms with Gasteiger partial charge >= 0.3 is 6.09 Å². The Morgan fingerprint density at radius 1 is 1.16 bits per heavy atom. The molecular weight excluding hydrogens is 318 g/mol. The maximum atomic E-state index is 12.2. The van der Waals surface area contributed by atoms with Gasteiger partial charge in [0.05, 0.1) is 19.8 Å². The second-order valence-electron chi connectivity index (χ2n) is 7.13. The van der Waals surface area contributed by atoms with E-state index in [4.69, 9.17) is 9.47 Å². The van der Waals surface area contributed by atoms with Crippen LogP contribution in [0.2, 0.25) is 0 Å². The van der Waals surface area contributed by atoms with Gasteiger partial charge < -0.3 is 9.47 Å². The van der Waals surface area contributed by atoms with E-state index >= 15 is 0 Å². The van der Waals surface area contributed by atoms with E-state index in [9.17, 15) is 9.59 Å². The second kappa shape index (κ2) is 8.00. The zero-order valence-corrected chi connectivity index (χ0v) is 15.0. The minimum absolute atomic E-state index is 0.0656. The van der Waals surface area contributed by atoms with Crippen LogP contribution in [0.4, 0.5) is 4.79 Å². The first-order valence-electron chi connectivity index (χ1n) is 9.15. The van der Waals surface area contributed by atoms with Crippen molar-refractivity contribution in [2.45, 2.75) is 63.1 Å². The number of carbonyl (C=O) groups is 2. The van der Waals surface area contributed by atoms with Crippen LogP contribution < -0.4 is 0 Å². The number of nitrogens with zero attached hydrogens (tertiary/aromatic N) is 1. The molecule has 2 atom stereocenters. The summed E-state index contributed by atoms with van der Waals surface area (Å²) in [6, 6.07) is 9.98. The fourth-order valence-electron chi connectivity index (χ4n) is 4.09. The highest BCUT2D eigenvalue weighted by Gasteiger charge is 2.42. The predicted molar refractivity (Wildman–Crippen MR) is 94.5 cm³/mol. The number of hydrogen-bond donors (Lipinski definition) is 0. The summed E-state index contributed by atoms with van der Waals surface area (Å²) in [5.74, 6) is 0.664. The maximum absolute atomic E-state index is 12.2. The van der Waals surface area contributed by atoms with E-state index < -0.39 is 12.1 Å². The molecule has 5 nitrogen and oxygen atoms in total. The molecule has 3 rings (SSSR count). The van der Waals surface area contributed by atoms with Crippen molar-refractivity contribution in [1.29, 1.82) is 0 Å². The molecule has 1 aliphatic carbocycles. The Morgan fingerprint density at radius 2 is 1.84 bits per heavy atom. The average molecular weight is 345 g/mol. The second-order valence-corrected chi connectivity index (χ2v) is 7.13. The number of amides is 1. The zero-order chi connectivity index (χ0) is 17.8. The fourth-order valence-corrected chi connectivity index (χ4v) is 4.09. The number of rotatable bonds is 4. The Balaban J connectivity index is 1.51. The van der Waals surface area contributed by atoms with Crippen molar-refractivity contribution in [3.8, 4) is 0 Å². The van der Waals surface area contributed by atoms with Crippen LogP contribution in [0.15, 0.2) is 30.3 Å². The van der Waals surface area contributed by atoms with Crippen molar-refractivity contribution in [3.63, 3.8) is 0 Å². The van der Waals surface area contributed by atoms with Crippen LogP contribution in [-0.2, 0) is 14.3 Å². The monoisotopic (exact) mass is 345 g/mol. The zero-order valence-electron chi connectivity index (χ0n) is 15.0. The first-order valence-corrected chi connectivity index (χ1v) is 9.15. The van der Waals surface area contributed by atoms with E-state index in [1.54, 1.807) is 0 Å². The van der Waals surface area contributed by atoms with Gasteiger partial charge in [-0.05, 0) is 44.1 Å². The summed E-state index contributed by atoms with van der Waals surface area (Å²) < 4.78 is 10.8. The van der Waals surface area contributed by atoms with Crippen molar-refractivity contribution < 1.29 is 19.1 Å². The van der Waals surface area contributed by atoms with Crippen LogP contribution in [0.5, 0.6) is 0 Å². The molecule has 1 saturated heterocycles. The van der Waals surface area contributed by atoms with Crippen molar-refractivity contribution >= 4 is 11.9 Å². The minimum Gasteiger partial charge on any atom is -0.453 e. The summed E-state index contributed by atoms with van der Waals surface area (Å²) in [7, 11) is 1.35. The molecule has 0 radical (unpaired) electrons. The third-order valence-electron chi connectivity index (χ3n) is 5.50. The largest absolute Gasteiger partial charge is 0.453 e. The van der Waals surface area contributed by atoms with E-state index in [0.717, 1.165) is 25.7 Å². The molecule has 136 valence electrons. The highest BCUT2D eigenvalue weighted by Crippen LogP contribution is 2.34. The Labute approximate surface area is 149 Å². The van der Waals surface area contributed by atoms with E-state index in [2.05, 4.69) is 24.3 Å². The summed E-state index contributed by atoms with van der Waals surface area (Å²) in [6.45, 7) is 2.15. The number of benzene rings is 1. The van der Waals surface area contributed by atoms with Gasteiger partial charge in [-0.25, -0.2) is 4.79 Å². The van der Waals surface area contributed by atoms with Crippen molar-refractivity contribution in [1.82, 2.24) is 4.90 Å². The van der Waals surface area contributed by atoms with Gasteiger partial charge in [-0.1, -0.05) is 30.3 Å². The lowest BCUT2D eigenvalue weighted by molar-refractivity contribution is -0.122. The molecule has 0 bridgehead atoms. The third-order valence-corrected chi connectivity index (χ3v) is 5.50. The van der Waals surface area contributed by atoms with E-state index in [1.165, 1.54) is 17.6 Å². The van der Waals surface area contributed by atoms with Crippen LogP contribution in [0, 0.1) is 0 Å². The summed E-state index contributed by atoms with van der Waals surface area (Å²) in [4.78, 5) is 25.6. The molecule has 1 aromatic rings. The predicted octanol–water partition coefficient (Wildman–Crippen LogP) is 3.53. The molecule has 25 heavy (non-hydrogen) atoms. The van der Waals surface area contributed by atoms with Crippen LogP contribution in [-0.4, -0.2) is 48.7 Å². The first-order chi connectivity index (χ1) is 12.1. The normalized spacial score (nSPS) is 29.7. The van der Waals surface area contributed by atoms with Gasteiger partial charge in [0.25, 0.3) is 0 Å². The van der Waals surface area contributed by atoms with Crippen molar-refractivity contribution in [2.24, 2.45) is 0 Å². The topological polar surface area (TPSA) is 55.8 Å². The summed E-state index contributed by atoms with van der Waals surface area (Å²) in [5, 5.41) is 0. The van der Waals surface area contributed by atoms with Crippen LogP contribution in [0.25, 0.3) is 0 Å². The number of ether oxygens (including phenoxy) is 2. The van der Waals surface area contributed by atoms with Gasteiger partial charge in [0.1, 0.15) is 6.04 Å². The molecule has 2 fully saturated rings. The Hall–Kier alpha value is -1.88. The number of likely N-dealkylation sites (tertiary alicyclic amines) is 1. The summed E-state index contributed by atoms with van der Waals surface area (Å²) in [6.07, 6.45) is 4.30. The molecule has 0 unspecified atom stereocenters. The van der Waals surface area contributed by atoms with Gasteiger partial charge in [-0.15, -0.1) is 0 Å². The summed E-state index contributed by atoms with van der Waals surface area (Å²) in [5.41, 5.74) is 1.40. The van der Waals surface area contributed by atoms with Gasteiger partial charge in [-0.3, -0.25) is 9.69 Å². The number of Topliss-reactive ketones (excluding diaryl/α,β-unsaturated/α-hetero) is 1.